The first-order valence-electron chi connectivity index (χ1n) is 17.3. The van der Waals surface area contributed by atoms with E-state index in [2.05, 4.69) is 19.1 Å². The molecule has 2 aliphatic rings. The summed E-state index contributed by atoms with van der Waals surface area (Å²) in [6, 6.07) is 0. The molecule has 8 N–H and O–H groups in total. The third-order valence-corrected chi connectivity index (χ3v) is 8.47. The highest BCUT2D eigenvalue weighted by Gasteiger charge is 2.47. The van der Waals surface area contributed by atoms with Gasteiger partial charge in [-0.3, -0.25) is 4.79 Å². The molecule has 0 radical (unpaired) electrons. The Kier molecular flexibility index (Phi) is 21.4. The van der Waals surface area contributed by atoms with E-state index in [1.807, 2.05) is 0 Å². The highest BCUT2D eigenvalue weighted by atomic mass is 16.7. The van der Waals surface area contributed by atoms with Gasteiger partial charge in [-0.05, 0) is 32.1 Å². The largest absolute Gasteiger partial charge is 0.463 e. The van der Waals surface area contributed by atoms with Crippen LogP contribution in [0.15, 0.2) is 12.2 Å². The maximum atomic E-state index is 12.1. The van der Waals surface area contributed by atoms with E-state index in [1.165, 1.54) is 38.5 Å². The van der Waals surface area contributed by atoms with Gasteiger partial charge in [-0.2, -0.15) is 0 Å². The van der Waals surface area contributed by atoms with Crippen LogP contribution in [0, 0.1) is 0 Å². The lowest BCUT2D eigenvalue weighted by Crippen LogP contribution is -2.61. The van der Waals surface area contributed by atoms with Crippen molar-refractivity contribution >= 4 is 5.97 Å². The van der Waals surface area contributed by atoms with Crippen LogP contribution in [0.3, 0.4) is 0 Å². The molecule has 0 saturated carbocycles. The van der Waals surface area contributed by atoms with Gasteiger partial charge in [-0.25, -0.2) is 0 Å². The molecule has 0 spiro atoms. The SMILES string of the molecule is CCCCCCCC/C=C\CCCCCCCC(=O)OC[C@@H](O)CO[C@@H]1O[C@H](CO[C@H]2O[C@H](CO)[C@H](O)[C@H](O)[C@H]2O)[C@H](O)[C@H](O)[C@H]1O. The van der Waals surface area contributed by atoms with Gasteiger partial charge in [0.2, 0.25) is 0 Å². The molecule has 0 aromatic carbocycles. The fourth-order valence-corrected chi connectivity index (χ4v) is 5.44. The molecule has 14 heteroatoms. The lowest BCUT2D eigenvalue weighted by molar-refractivity contribution is -0.332. The highest BCUT2D eigenvalue weighted by Crippen LogP contribution is 2.26. The fourth-order valence-electron chi connectivity index (χ4n) is 5.44. The number of rotatable bonds is 24. The van der Waals surface area contributed by atoms with E-state index in [-0.39, 0.29) is 13.0 Å². The maximum Gasteiger partial charge on any atom is 0.305 e. The number of aliphatic hydroxyl groups excluding tert-OH is 8. The number of esters is 1. The first-order chi connectivity index (χ1) is 22.6. The van der Waals surface area contributed by atoms with Crippen LogP contribution >= 0.6 is 0 Å². The molecule has 0 bridgehead atoms. The molecule has 2 aliphatic heterocycles. The van der Waals surface area contributed by atoms with Gasteiger partial charge in [0.15, 0.2) is 12.6 Å². The number of hydrogen-bond donors (Lipinski definition) is 8. The summed E-state index contributed by atoms with van der Waals surface area (Å²) in [4.78, 5) is 12.1. The number of hydrogen-bond acceptors (Lipinski definition) is 14. The van der Waals surface area contributed by atoms with Crippen LogP contribution in [-0.4, -0.2) is 141 Å². The molecular formula is C33H60O14. The molecule has 2 fully saturated rings. The minimum Gasteiger partial charge on any atom is -0.463 e. The summed E-state index contributed by atoms with van der Waals surface area (Å²) in [7, 11) is 0. The number of ether oxygens (including phenoxy) is 5. The summed E-state index contributed by atoms with van der Waals surface area (Å²) in [6.45, 7) is 0.287. The topological polar surface area (TPSA) is 225 Å². The zero-order valence-corrected chi connectivity index (χ0v) is 27.8. The van der Waals surface area contributed by atoms with E-state index in [1.54, 1.807) is 0 Å². The lowest BCUT2D eigenvalue weighted by atomic mass is 9.98. The minimum atomic E-state index is -1.72. The van der Waals surface area contributed by atoms with Crippen LogP contribution in [0.1, 0.15) is 96.8 Å². The molecule has 0 unspecified atom stereocenters. The Bertz CT molecular complexity index is 844. The summed E-state index contributed by atoms with van der Waals surface area (Å²) < 4.78 is 26.6. The van der Waals surface area contributed by atoms with Crippen molar-refractivity contribution in [3.63, 3.8) is 0 Å². The molecule has 47 heavy (non-hydrogen) atoms. The maximum absolute atomic E-state index is 12.1. The Morgan fingerprint density at radius 1 is 0.660 bits per heavy atom. The van der Waals surface area contributed by atoms with Gasteiger partial charge in [0.1, 0.15) is 61.5 Å². The second-order valence-electron chi connectivity index (χ2n) is 12.5. The number of unbranched alkanes of at least 4 members (excludes halogenated alkanes) is 11. The van der Waals surface area contributed by atoms with Gasteiger partial charge in [0.25, 0.3) is 0 Å². The van der Waals surface area contributed by atoms with Crippen LogP contribution in [0.4, 0.5) is 0 Å². The molecular weight excluding hydrogens is 620 g/mol. The minimum absolute atomic E-state index is 0.233. The van der Waals surface area contributed by atoms with Crippen molar-refractivity contribution in [2.24, 2.45) is 0 Å². The van der Waals surface area contributed by atoms with Gasteiger partial charge in [0, 0.05) is 6.42 Å². The van der Waals surface area contributed by atoms with Crippen molar-refractivity contribution < 1.29 is 69.3 Å². The van der Waals surface area contributed by atoms with E-state index < -0.39 is 93.3 Å². The third kappa shape index (κ3) is 15.4. The zero-order valence-electron chi connectivity index (χ0n) is 27.8. The van der Waals surface area contributed by atoms with Crippen molar-refractivity contribution in [1.29, 1.82) is 0 Å². The van der Waals surface area contributed by atoms with Gasteiger partial charge in [-0.1, -0.05) is 70.4 Å². The Morgan fingerprint density at radius 2 is 1.17 bits per heavy atom. The molecule has 0 aromatic heterocycles. The smallest absolute Gasteiger partial charge is 0.305 e. The second-order valence-corrected chi connectivity index (χ2v) is 12.5. The zero-order chi connectivity index (χ0) is 34.6. The Balaban J connectivity index is 1.57. The summed E-state index contributed by atoms with van der Waals surface area (Å²) in [5.41, 5.74) is 0. The number of aliphatic hydroxyl groups is 8. The molecule has 0 amide bonds. The lowest BCUT2D eigenvalue weighted by Gasteiger charge is -2.42. The molecule has 2 rings (SSSR count). The molecule has 2 heterocycles. The average molecular weight is 681 g/mol. The van der Waals surface area contributed by atoms with E-state index in [9.17, 15) is 45.6 Å². The van der Waals surface area contributed by atoms with Crippen LogP contribution in [-0.2, 0) is 28.5 Å². The highest BCUT2D eigenvalue weighted by molar-refractivity contribution is 5.69. The van der Waals surface area contributed by atoms with E-state index >= 15 is 0 Å². The normalized spacial score (nSPS) is 32.1. The second kappa shape index (κ2) is 24.0. The molecule has 2 saturated heterocycles. The Labute approximate surface area is 278 Å². The van der Waals surface area contributed by atoms with E-state index in [4.69, 9.17) is 23.7 Å². The Hall–Kier alpha value is -1.27. The van der Waals surface area contributed by atoms with Crippen molar-refractivity contribution in [3.05, 3.63) is 12.2 Å². The third-order valence-electron chi connectivity index (χ3n) is 8.47. The first kappa shape index (κ1) is 41.9. The van der Waals surface area contributed by atoms with Gasteiger partial charge in [-0.15, -0.1) is 0 Å². The van der Waals surface area contributed by atoms with Crippen molar-refractivity contribution in [3.8, 4) is 0 Å². The molecule has 0 aliphatic carbocycles. The molecule has 14 nitrogen and oxygen atoms in total. The van der Waals surface area contributed by atoms with Crippen molar-refractivity contribution in [2.45, 2.75) is 164 Å². The monoisotopic (exact) mass is 680 g/mol. The summed E-state index contributed by atoms with van der Waals surface area (Å²) in [5.74, 6) is -0.445. The van der Waals surface area contributed by atoms with E-state index in [0.717, 1.165) is 38.5 Å². The fraction of sp³-hybridized carbons (Fsp3) is 0.909. The standard InChI is InChI=1S/C33H60O14/c1-2-3-4-5-6-7-8-9-10-11-12-13-14-15-16-17-25(36)43-19-22(35)20-44-32-31(42)29(40)27(38)24(47-32)21-45-33-30(41)28(39)26(37)23(18-34)46-33/h9-10,22-24,26-35,37-42H,2-8,11-21H2,1H3/b10-9-/t22-,23-,24-,26+,27+,28+,29+,30-,31-,32-,33+/m1/s1. The number of allylic oxidation sites excluding steroid dienone is 2. The predicted molar refractivity (Wildman–Crippen MR) is 169 cm³/mol. The average Bonchev–Trinajstić information content (AvgIpc) is 3.06. The quantitative estimate of drug-likeness (QED) is 0.0397. The Morgan fingerprint density at radius 3 is 1.77 bits per heavy atom. The van der Waals surface area contributed by atoms with Gasteiger partial charge >= 0.3 is 5.97 Å². The van der Waals surface area contributed by atoms with E-state index in [0.29, 0.717) is 6.42 Å². The molecule has 0 aromatic rings. The van der Waals surface area contributed by atoms with Gasteiger partial charge < -0.3 is 64.5 Å². The van der Waals surface area contributed by atoms with Crippen LogP contribution in [0.2, 0.25) is 0 Å². The summed E-state index contributed by atoms with van der Waals surface area (Å²) >= 11 is 0. The van der Waals surface area contributed by atoms with Crippen LogP contribution in [0.25, 0.3) is 0 Å². The predicted octanol–water partition coefficient (Wildman–Crippen LogP) is 0.569. The number of carbonyl (C=O) groups is 1. The molecule has 11 atom stereocenters. The molecule has 276 valence electrons. The summed E-state index contributed by atoms with van der Waals surface area (Å²) in [6.07, 6.45) is 3.00. The van der Waals surface area contributed by atoms with Crippen LogP contribution < -0.4 is 0 Å². The van der Waals surface area contributed by atoms with Crippen molar-refractivity contribution in [2.75, 3.05) is 26.4 Å². The van der Waals surface area contributed by atoms with Crippen LogP contribution in [0.5, 0.6) is 0 Å². The number of carbonyl (C=O) groups excluding carboxylic acids is 1. The first-order valence-corrected chi connectivity index (χ1v) is 17.3. The van der Waals surface area contributed by atoms with Crippen molar-refractivity contribution in [1.82, 2.24) is 0 Å². The summed E-state index contributed by atoms with van der Waals surface area (Å²) in [5, 5.41) is 80.3. The van der Waals surface area contributed by atoms with Gasteiger partial charge in [0.05, 0.1) is 19.8 Å².